The van der Waals surface area contributed by atoms with Crippen molar-refractivity contribution in [1.82, 2.24) is 4.90 Å². The van der Waals surface area contributed by atoms with Crippen LogP contribution < -0.4 is 14.6 Å². The van der Waals surface area contributed by atoms with E-state index in [-0.39, 0.29) is 12.5 Å². The Hall–Kier alpha value is -2.56. The molecule has 24 heavy (non-hydrogen) atoms. The molecule has 0 atom stereocenters. The number of aromatic nitrogens is 1. The zero-order chi connectivity index (χ0) is 16.9. The minimum Gasteiger partial charge on any atom is -0.484 e. The van der Waals surface area contributed by atoms with Crippen molar-refractivity contribution in [3.63, 3.8) is 0 Å². The molecule has 126 valence electrons. The number of carbonyl (C=O) groups excluding carboxylic acids is 1. The van der Waals surface area contributed by atoms with Gasteiger partial charge in [0.25, 0.3) is 5.91 Å². The highest BCUT2D eigenvalue weighted by molar-refractivity contribution is 5.78. The summed E-state index contributed by atoms with van der Waals surface area (Å²) in [6.45, 7) is 7.31. The maximum Gasteiger partial charge on any atom is 0.260 e. The topological polar surface area (TPSA) is 46.9 Å². The van der Waals surface area contributed by atoms with Crippen molar-refractivity contribution in [2.75, 3.05) is 37.7 Å². The van der Waals surface area contributed by atoms with Gasteiger partial charge in [-0.25, -0.2) is 4.98 Å². The van der Waals surface area contributed by atoms with E-state index in [0.29, 0.717) is 0 Å². The summed E-state index contributed by atoms with van der Waals surface area (Å²) < 4.78 is 5.69. The molecule has 3 rings (SSSR count). The molecule has 1 aliphatic heterocycles. The van der Waals surface area contributed by atoms with Crippen molar-refractivity contribution >= 4 is 11.6 Å². The van der Waals surface area contributed by atoms with Gasteiger partial charge >= 0.3 is 0 Å². The van der Waals surface area contributed by atoms with Crippen LogP contribution in [0.1, 0.15) is 11.1 Å². The van der Waals surface area contributed by atoms with Crippen LogP contribution in [0.3, 0.4) is 0 Å². The Morgan fingerprint density at radius 3 is 2.29 bits per heavy atom. The predicted octanol–water partition coefficient (Wildman–Crippen LogP) is 1.85. The lowest BCUT2D eigenvalue weighted by atomic mass is 10.1. The molecule has 1 aromatic carbocycles. The number of piperazine rings is 1. The van der Waals surface area contributed by atoms with Crippen LogP contribution in [-0.4, -0.2) is 43.6 Å². The number of H-pyrrole nitrogens is 1. The number of pyridine rings is 1. The Morgan fingerprint density at radius 2 is 1.67 bits per heavy atom. The molecule has 1 saturated heterocycles. The second-order valence-electron chi connectivity index (χ2n) is 6.24. The molecule has 0 bridgehead atoms. The SMILES string of the molecule is Cc1cc(C)cc(OCC(=O)N2CCN(c3cc[nH+]cc3)CC2)c1. The largest absolute Gasteiger partial charge is 0.484 e. The number of nitrogens with one attached hydrogen (secondary N) is 1. The molecule has 0 aliphatic carbocycles. The molecule has 1 amide bonds. The lowest BCUT2D eigenvalue weighted by molar-refractivity contribution is -0.377. The standard InChI is InChI=1S/C19H23N3O2/c1-15-11-16(2)13-18(12-15)24-14-19(23)22-9-7-21(8-10-22)17-3-5-20-6-4-17/h3-6,11-13H,7-10,14H2,1-2H3/p+1. The number of rotatable bonds is 4. The summed E-state index contributed by atoms with van der Waals surface area (Å²) in [5.41, 5.74) is 3.48. The third-order valence-corrected chi connectivity index (χ3v) is 4.26. The van der Waals surface area contributed by atoms with E-state index in [9.17, 15) is 4.79 Å². The first kappa shape index (κ1) is 16.3. The molecule has 0 unspecified atom stereocenters. The Labute approximate surface area is 142 Å². The number of aromatic amines is 1. The number of anilines is 1. The van der Waals surface area contributed by atoms with Gasteiger partial charge in [-0.2, -0.15) is 0 Å². The molecular formula is C19H24N3O2+. The highest BCUT2D eigenvalue weighted by Gasteiger charge is 2.21. The summed E-state index contributed by atoms with van der Waals surface area (Å²) >= 11 is 0. The van der Waals surface area contributed by atoms with Gasteiger partial charge in [-0.3, -0.25) is 4.79 Å². The summed E-state index contributed by atoms with van der Waals surface area (Å²) in [4.78, 5) is 19.6. The summed E-state index contributed by atoms with van der Waals surface area (Å²) in [5.74, 6) is 0.815. The smallest absolute Gasteiger partial charge is 0.260 e. The van der Waals surface area contributed by atoms with Gasteiger partial charge in [0.15, 0.2) is 19.0 Å². The molecule has 5 nitrogen and oxygen atoms in total. The van der Waals surface area contributed by atoms with Crippen LogP contribution in [0, 0.1) is 13.8 Å². The lowest BCUT2D eigenvalue weighted by Crippen LogP contribution is -2.50. The Bertz CT molecular complexity index is 675. The average Bonchev–Trinajstić information content (AvgIpc) is 2.60. The van der Waals surface area contributed by atoms with Crippen LogP contribution in [0.5, 0.6) is 5.75 Å². The lowest BCUT2D eigenvalue weighted by Gasteiger charge is -2.35. The van der Waals surface area contributed by atoms with Crippen LogP contribution in [0.15, 0.2) is 42.7 Å². The second-order valence-corrected chi connectivity index (χ2v) is 6.24. The van der Waals surface area contributed by atoms with Gasteiger partial charge in [0.1, 0.15) is 5.75 Å². The van der Waals surface area contributed by atoms with Crippen LogP contribution in [0.2, 0.25) is 0 Å². The normalized spacial score (nSPS) is 14.6. The maximum absolute atomic E-state index is 12.4. The molecule has 1 aromatic heterocycles. The molecule has 0 spiro atoms. The number of benzene rings is 1. The van der Waals surface area contributed by atoms with E-state index >= 15 is 0 Å². The van der Waals surface area contributed by atoms with Crippen molar-refractivity contribution in [1.29, 1.82) is 0 Å². The van der Waals surface area contributed by atoms with Crippen molar-refractivity contribution in [2.45, 2.75) is 13.8 Å². The van der Waals surface area contributed by atoms with E-state index in [1.54, 1.807) is 0 Å². The van der Waals surface area contributed by atoms with E-state index < -0.39 is 0 Å². The zero-order valence-corrected chi connectivity index (χ0v) is 14.3. The number of nitrogens with zero attached hydrogens (tertiary/aromatic N) is 2. The van der Waals surface area contributed by atoms with Gasteiger partial charge in [-0.15, -0.1) is 0 Å². The van der Waals surface area contributed by atoms with E-state index in [2.05, 4.69) is 28.1 Å². The van der Waals surface area contributed by atoms with E-state index in [0.717, 1.165) is 43.1 Å². The molecular weight excluding hydrogens is 302 g/mol. The first-order valence-electron chi connectivity index (χ1n) is 8.32. The Balaban J connectivity index is 1.50. The monoisotopic (exact) mass is 326 g/mol. The third kappa shape index (κ3) is 4.04. The number of hydrogen-bond donors (Lipinski definition) is 0. The molecule has 1 fully saturated rings. The van der Waals surface area contributed by atoms with Crippen LogP contribution in [0.4, 0.5) is 5.69 Å². The van der Waals surface area contributed by atoms with E-state index in [1.807, 2.05) is 43.3 Å². The number of carbonyl (C=O) groups is 1. The van der Waals surface area contributed by atoms with E-state index in [4.69, 9.17) is 4.74 Å². The fourth-order valence-corrected chi connectivity index (χ4v) is 3.06. The first-order valence-corrected chi connectivity index (χ1v) is 8.32. The molecule has 1 aliphatic rings. The molecule has 0 radical (unpaired) electrons. The summed E-state index contributed by atoms with van der Waals surface area (Å²) in [5, 5.41) is 0. The molecule has 2 heterocycles. The third-order valence-electron chi connectivity index (χ3n) is 4.26. The molecule has 2 aromatic rings. The van der Waals surface area contributed by atoms with Crippen LogP contribution in [-0.2, 0) is 4.79 Å². The van der Waals surface area contributed by atoms with Crippen molar-refractivity contribution in [2.24, 2.45) is 0 Å². The summed E-state index contributed by atoms with van der Waals surface area (Å²) in [6, 6.07) is 10.1. The summed E-state index contributed by atoms with van der Waals surface area (Å²) in [6.07, 6.45) is 3.84. The van der Waals surface area contributed by atoms with Gasteiger partial charge in [0.05, 0.1) is 0 Å². The Kier molecular flexibility index (Phi) is 4.99. The van der Waals surface area contributed by atoms with Crippen LogP contribution >= 0.6 is 0 Å². The number of hydrogen-bond acceptors (Lipinski definition) is 3. The quantitative estimate of drug-likeness (QED) is 0.861. The van der Waals surface area contributed by atoms with Crippen LogP contribution in [0.25, 0.3) is 0 Å². The number of aryl methyl sites for hydroxylation is 2. The van der Waals surface area contributed by atoms with Crippen molar-refractivity contribution in [3.8, 4) is 5.75 Å². The van der Waals surface area contributed by atoms with Crippen molar-refractivity contribution in [3.05, 3.63) is 53.9 Å². The predicted molar refractivity (Wildman–Crippen MR) is 93.2 cm³/mol. The number of amides is 1. The van der Waals surface area contributed by atoms with Gasteiger partial charge in [-0.05, 0) is 37.1 Å². The maximum atomic E-state index is 12.4. The van der Waals surface area contributed by atoms with Gasteiger partial charge < -0.3 is 14.5 Å². The number of ether oxygens (including phenoxy) is 1. The molecule has 5 heteroatoms. The minimum absolute atomic E-state index is 0.0511. The molecule has 0 saturated carbocycles. The first-order chi connectivity index (χ1) is 11.6. The Morgan fingerprint density at radius 1 is 1.04 bits per heavy atom. The highest BCUT2D eigenvalue weighted by Crippen LogP contribution is 2.17. The molecule has 1 N–H and O–H groups in total. The fraction of sp³-hybridized carbons (Fsp3) is 0.368. The van der Waals surface area contributed by atoms with Gasteiger partial charge in [0.2, 0.25) is 0 Å². The van der Waals surface area contributed by atoms with Crippen molar-refractivity contribution < 1.29 is 14.5 Å². The average molecular weight is 326 g/mol. The van der Waals surface area contributed by atoms with Gasteiger partial charge in [-0.1, -0.05) is 6.07 Å². The van der Waals surface area contributed by atoms with Gasteiger partial charge in [0, 0.05) is 44.0 Å². The fourth-order valence-electron chi connectivity index (χ4n) is 3.06. The highest BCUT2D eigenvalue weighted by atomic mass is 16.5. The summed E-state index contributed by atoms with van der Waals surface area (Å²) in [7, 11) is 0. The minimum atomic E-state index is 0.0511. The van der Waals surface area contributed by atoms with E-state index in [1.165, 1.54) is 5.69 Å². The second kappa shape index (κ2) is 7.34. The zero-order valence-electron chi connectivity index (χ0n) is 14.3.